The van der Waals surface area contributed by atoms with Crippen LogP contribution in [0.25, 0.3) is 11.0 Å². The molecule has 2 aromatic rings. The fraction of sp³-hybridized carbons (Fsp3) is 0.556. The number of carbonyl (C=O) groups excluding carboxylic acids is 1. The van der Waals surface area contributed by atoms with Crippen LogP contribution in [0.1, 0.15) is 24.8 Å². The van der Waals surface area contributed by atoms with E-state index in [1.165, 1.54) is 6.26 Å². The molecule has 202 valence electrons. The van der Waals surface area contributed by atoms with Crippen molar-refractivity contribution in [1.82, 2.24) is 4.90 Å². The number of hydrogen-bond donors (Lipinski definition) is 1. The van der Waals surface area contributed by atoms with Crippen molar-refractivity contribution < 1.29 is 38.0 Å². The Kier molecular flexibility index (Phi) is 10.1. The summed E-state index contributed by atoms with van der Waals surface area (Å²) in [6.45, 7) is 5.43. The number of hydrogen-bond acceptors (Lipinski definition) is 9. The van der Waals surface area contributed by atoms with Gasteiger partial charge in [0.1, 0.15) is 5.58 Å². The van der Waals surface area contributed by atoms with E-state index < -0.39 is 12.2 Å². The quantitative estimate of drug-likeness (QED) is 0.422. The largest absolute Gasteiger partial charge is 0.464 e. The summed E-state index contributed by atoms with van der Waals surface area (Å²) in [5.74, 6) is -0.879. The molecule has 3 unspecified atom stereocenters. The topological polar surface area (TPSA) is 117 Å². The number of aliphatic hydroxyl groups excluding tert-OH is 1. The normalized spacial score (nSPS) is 22.1. The first-order valence-electron chi connectivity index (χ1n) is 12.8. The van der Waals surface area contributed by atoms with Crippen LogP contribution >= 0.6 is 0 Å². The average Bonchev–Trinajstić information content (AvgIpc) is 2.93. The van der Waals surface area contributed by atoms with Gasteiger partial charge in [-0.05, 0) is 31.6 Å². The van der Waals surface area contributed by atoms with Crippen LogP contribution in [0.15, 0.2) is 51.6 Å². The van der Waals surface area contributed by atoms with E-state index in [0.29, 0.717) is 75.7 Å². The number of carbonyl (C=O) groups is 1. The molecule has 0 radical (unpaired) electrons. The number of benzene rings is 1. The van der Waals surface area contributed by atoms with E-state index >= 15 is 0 Å². The third kappa shape index (κ3) is 6.77. The molecule has 0 aliphatic carbocycles. The molecule has 3 atom stereocenters. The van der Waals surface area contributed by atoms with E-state index in [9.17, 15) is 9.59 Å². The van der Waals surface area contributed by atoms with Crippen LogP contribution in [-0.4, -0.2) is 88.1 Å². The van der Waals surface area contributed by atoms with Crippen molar-refractivity contribution >= 4 is 16.9 Å². The molecular formula is C27H35NO9. The standard InChI is InChI=1S/C27H35NO9/c1-2-35-27-19(7-11-32-15-16-34-14-10-29)21(17-24(37-27)26(31)28-8-12-33-13-9-28)22-18-36-23-6-4-3-5-20(23)25(22)30/h3-6,17-19,21,27,29H,2,7-16H2,1H3. The first kappa shape index (κ1) is 27.3. The summed E-state index contributed by atoms with van der Waals surface area (Å²) in [5.41, 5.74) is 0.790. The monoisotopic (exact) mass is 517 g/mol. The van der Waals surface area contributed by atoms with E-state index in [4.69, 9.17) is 33.2 Å². The maximum atomic E-state index is 13.5. The second-order valence-corrected chi connectivity index (χ2v) is 8.82. The Balaban J connectivity index is 1.63. The molecule has 1 N–H and O–H groups in total. The lowest BCUT2D eigenvalue weighted by Crippen LogP contribution is -2.45. The van der Waals surface area contributed by atoms with Gasteiger partial charge in [0.2, 0.25) is 6.29 Å². The number of rotatable bonds is 12. The van der Waals surface area contributed by atoms with Crippen LogP contribution in [0.5, 0.6) is 0 Å². The number of para-hydroxylation sites is 1. The minimum Gasteiger partial charge on any atom is -0.464 e. The summed E-state index contributed by atoms with van der Waals surface area (Å²) in [5, 5.41) is 9.30. The number of nitrogens with zero attached hydrogens (tertiary/aromatic N) is 1. The summed E-state index contributed by atoms with van der Waals surface area (Å²) in [6, 6.07) is 7.09. The van der Waals surface area contributed by atoms with Crippen LogP contribution < -0.4 is 5.43 Å². The molecule has 3 heterocycles. The maximum Gasteiger partial charge on any atom is 0.288 e. The van der Waals surface area contributed by atoms with E-state index in [1.807, 2.05) is 13.0 Å². The van der Waals surface area contributed by atoms with E-state index in [0.717, 1.165) is 0 Å². The van der Waals surface area contributed by atoms with Gasteiger partial charge in [0, 0.05) is 43.7 Å². The van der Waals surface area contributed by atoms with Crippen molar-refractivity contribution in [2.75, 3.05) is 65.9 Å². The molecule has 37 heavy (non-hydrogen) atoms. The lowest BCUT2D eigenvalue weighted by Gasteiger charge is -2.38. The third-order valence-corrected chi connectivity index (χ3v) is 6.49. The Labute approximate surface area is 215 Å². The molecule has 2 aliphatic heterocycles. The first-order chi connectivity index (χ1) is 18.1. The van der Waals surface area contributed by atoms with Gasteiger partial charge in [0.15, 0.2) is 11.2 Å². The van der Waals surface area contributed by atoms with Crippen molar-refractivity contribution in [2.45, 2.75) is 25.6 Å². The molecule has 1 fully saturated rings. The summed E-state index contributed by atoms with van der Waals surface area (Å²) < 4.78 is 34.2. The molecule has 1 aromatic heterocycles. The van der Waals surface area contributed by atoms with Crippen molar-refractivity contribution in [3.63, 3.8) is 0 Å². The SMILES string of the molecule is CCOC1OC(C(=O)N2CCOCC2)=CC(c2coc3ccccc3c2=O)C1CCOCCOCCO. The number of morpholine rings is 1. The summed E-state index contributed by atoms with van der Waals surface area (Å²) in [6.07, 6.45) is 2.97. The molecule has 1 aromatic carbocycles. The fourth-order valence-electron chi connectivity index (χ4n) is 4.64. The first-order valence-corrected chi connectivity index (χ1v) is 12.8. The Hall–Kier alpha value is -2.76. The Morgan fingerprint density at radius 3 is 2.62 bits per heavy atom. The molecule has 0 saturated carbocycles. The number of ether oxygens (including phenoxy) is 5. The summed E-state index contributed by atoms with van der Waals surface area (Å²) in [7, 11) is 0. The zero-order chi connectivity index (χ0) is 26.0. The van der Waals surface area contributed by atoms with Gasteiger partial charge in [-0.2, -0.15) is 0 Å². The number of amides is 1. The highest BCUT2D eigenvalue weighted by atomic mass is 16.7. The Morgan fingerprint density at radius 2 is 1.86 bits per heavy atom. The zero-order valence-electron chi connectivity index (χ0n) is 21.1. The molecule has 2 aliphatic rings. The molecule has 0 bridgehead atoms. The molecule has 10 nitrogen and oxygen atoms in total. The van der Waals surface area contributed by atoms with Crippen LogP contribution in [0, 0.1) is 5.92 Å². The van der Waals surface area contributed by atoms with Crippen molar-refractivity contribution in [3.05, 3.63) is 58.2 Å². The van der Waals surface area contributed by atoms with Gasteiger partial charge in [0.05, 0.1) is 51.3 Å². The Morgan fingerprint density at radius 1 is 1.11 bits per heavy atom. The molecular weight excluding hydrogens is 482 g/mol. The van der Waals surface area contributed by atoms with Crippen molar-refractivity contribution in [1.29, 1.82) is 0 Å². The van der Waals surface area contributed by atoms with Crippen LogP contribution in [-0.2, 0) is 28.5 Å². The molecule has 10 heteroatoms. The van der Waals surface area contributed by atoms with Gasteiger partial charge in [-0.1, -0.05) is 12.1 Å². The third-order valence-electron chi connectivity index (χ3n) is 6.49. The fourth-order valence-corrected chi connectivity index (χ4v) is 4.64. The second-order valence-electron chi connectivity index (χ2n) is 8.82. The van der Waals surface area contributed by atoms with E-state index in [-0.39, 0.29) is 36.2 Å². The number of fused-ring (bicyclic) bond motifs is 1. The van der Waals surface area contributed by atoms with Gasteiger partial charge < -0.3 is 38.1 Å². The highest BCUT2D eigenvalue weighted by Gasteiger charge is 2.40. The zero-order valence-corrected chi connectivity index (χ0v) is 21.1. The Bertz CT molecular complexity index is 1110. The van der Waals surface area contributed by atoms with Gasteiger partial charge in [-0.3, -0.25) is 9.59 Å². The number of aliphatic hydroxyl groups is 1. The van der Waals surface area contributed by atoms with Gasteiger partial charge in [-0.15, -0.1) is 0 Å². The van der Waals surface area contributed by atoms with Gasteiger partial charge in [-0.25, -0.2) is 0 Å². The summed E-state index contributed by atoms with van der Waals surface area (Å²) in [4.78, 5) is 28.6. The molecule has 1 amide bonds. The van der Waals surface area contributed by atoms with Crippen molar-refractivity contribution in [3.8, 4) is 0 Å². The molecule has 4 rings (SSSR count). The van der Waals surface area contributed by atoms with Crippen molar-refractivity contribution in [2.24, 2.45) is 5.92 Å². The van der Waals surface area contributed by atoms with Crippen LogP contribution in [0.3, 0.4) is 0 Å². The average molecular weight is 518 g/mol. The summed E-state index contributed by atoms with van der Waals surface area (Å²) >= 11 is 0. The van der Waals surface area contributed by atoms with Crippen LogP contribution in [0.2, 0.25) is 0 Å². The predicted octanol–water partition coefficient (Wildman–Crippen LogP) is 2.04. The highest BCUT2D eigenvalue weighted by Crippen LogP contribution is 2.38. The van der Waals surface area contributed by atoms with Crippen LogP contribution in [0.4, 0.5) is 0 Å². The van der Waals surface area contributed by atoms with E-state index in [2.05, 4.69) is 0 Å². The van der Waals surface area contributed by atoms with Gasteiger partial charge >= 0.3 is 0 Å². The number of allylic oxidation sites excluding steroid dienone is 1. The smallest absolute Gasteiger partial charge is 0.288 e. The highest BCUT2D eigenvalue weighted by molar-refractivity contribution is 5.92. The van der Waals surface area contributed by atoms with E-state index in [1.54, 1.807) is 29.2 Å². The lowest BCUT2D eigenvalue weighted by atomic mass is 9.81. The maximum absolute atomic E-state index is 13.5. The minimum atomic E-state index is -0.750. The predicted molar refractivity (Wildman–Crippen MR) is 134 cm³/mol. The molecule has 1 saturated heterocycles. The lowest BCUT2D eigenvalue weighted by molar-refractivity contribution is -0.173. The second kappa shape index (κ2) is 13.7. The minimum absolute atomic E-state index is 0.0384. The molecule has 0 spiro atoms. The van der Waals surface area contributed by atoms with Gasteiger partial charge in [0.25, 0.3) is 5.91 Å².